The summed E-state index contributed by atoms with van der Waals surface area (Å²) in [6.07, 6.45) is 0. The van der Waals surface area contributed by atoms with Crippen LogP contribution in [0.5, 0.6) is 0 Å². The first-order valence-corrected chi connectivity index (χ1v) is 9.27. The Hall–Kier alpha value is -2.68. The average Bonchev–Trinajstić information content (AvgIpc) is 3.07. The van der Waals surface area contributed by atoms with E-state index in [9.17, 15) is 5.26 Å². The van der Waals surface area contributed by atoms with E-state index >= 15 is 0 Å². The summed E-state index contributed by atoms with van der Waals surface area (Å²) in [4.78, 5) is 4.53. The van der Waals surface area contributed by atoms with Gasteiger partial charge in [-0.1, -0.05) is 41.4 Å². The largest absolute Gasteiger partial charge is 0.277 e. The highest BCUT2D eigenvalue weighted by Gasteiger charge is 2.11. The molecule has 0 radical (unpaired) electrons. The summed E-state index contributed by atoms with van der Waals surface area (Å²) in [5.74, 6) is 0. The summed E-state index contributed by atoms with van der Waals surface area (Å²) >= 11 is 7.31. The minimum absolute atomic E-state index is 0.259. The lowest BCUT2D eigenvalue weighted by atomic mass is 10.1. The third kappa shape index (κ3) is 3.93. The molecule has 0 saturated carbocycles. The van der Waals surface area contributed by atoms with Gasteiger partial charge in [-0.3, -0.25) is 5.43 Å². The summed E-state index contributed by atoms with van der Waals surface area (Å²) < 4.78 is 0. The maximum atomic E-state index is 9.48. The Morgan fingerprint density at radius 2 is 1.81 bits per heavy atom. The van der Waals surface area contributed by atoms with Crippen molar-refractivity contribution < 1.29 is 0 Å². The first kappa shape index (κ1) is 18.1. The zero-order chi connectivity index (χ0) is 18.7. The summed E-state index contributed by atoms with van der Waals surface area (Å²) in [6, 6.07) is 13.7. The molecule has 0 unspecified atom stereocenters. The Kier molecular flexibility index (Phi) is 5.36. The predicted molar refractivity (Wildman–Crippen MR) is 109 cm³/mol. The molecule has 0 amide bonds. The van der Waals surface area contributed by atoms with Crippen molar-refractivity contribution in [1.29, 1.82) is 5.26 Å². The molecule has 2 aromatic carbocycles. The van der Waals surface area contributed by atoms with Gasteiger partial charge in [0.25, 0.3) is 0 Å². The molecular formula is C20H17ClN4S. The maximum Gasteiger partial charge on any atom is 0.196 e. The number of nitrogens with one attached hydrogen (secondary N) is 1. The summed E-state index contributed by atoms with van der Waals surface area (Å²) in [7, 11) is 0. The number of nitriles is 1. The van der Waals surface area contributed by atoms with Crippen LogP contribution >= 0.6 is 22.9 Å². The van der Waals surface area contributed by atoms with Gasteiger partial charge >= 0.3 is 0 Å². The molecule has 130 valence electrons. The van der Waals surface area contributed by atoms with Crippen LogP contribution in [0.3, 0.4) is 0 Å². The normalized spacial score (nSPS) is 11.3. The zero-order valence-corrected chi connectivity index (χ0v) is 16.2. The van der Waals surface area contributed by atoms with Gasteiger partial charge in [0, 0.05) is 16.0 Å². The van der Waals surface area contributed by atoms with Gasteiger partial charge in [0.1, 0.15) is 6.07 Å². The number of rotatable bonds is 4. The lowest BCUT2D eigenvalue weighted by molar-refractivity contribution is 1.24. The van der Waals surface area contributed by atoms with E-state index in [-0.39, 0.29) is 5.71 Å². The molecule has 1 N–H and O–H groups in total. The van der Waals surface area contributed by atoms with Crippen LogP contribution in [0, 0.1) is 32.1 Å². The first-order chi connectivity index (χ1) is 12.5. The third-order valence-corrected chi connectivity index (χ3v) is 5.01. The van der Waals surface area contributed by atoms with Crippen LogP contribution in [0.1, 0.15) is 21.7 Å². The molecule has 0 saturated heterocycles. The van der Waals surface area contributed by atoms with Crippen molar-refractivity contribution in [3.8, 4) is 17.3 Å². The number of hydrazone groups is 1. The molecule has 1 heterocycles. The molecule has 0 aliphatic carbocycles. The van der Waals surface area contributed by atoms with Crippen molar-refractivity contribution in [2.24, 2.45) is 5.10 Å². The van der Waals surface area contributed by atoms with Crippen LogP contribution in [-0.2, 0) is 0 Å². The van der Waals surface area contributed by atoms with Crippen LogP contribution < -0.4 is 5.43 Å². The molecule has 0 bridgehead atoms. The number of nitrogens with zero attached hydrogens (tertiary/aromatic N) is 3. The summed E-state index contributed by atoms with van der Waals surface area (Å²) in [6.45, 7) is 6.10. The number of hydrogen-bond acceptors (Lipinski definition) is 5. The second-order valence-electron chi connectivity index (χ2n) is 6.00. The van der Waals surface area contributed by atoms with Crippen molar-refractivity contribution in [1.82, 2.24) is 4.98 Å². The molecule has 3 rings (SSSR count). The lowest BCUT2D eigenvalue weighted by Crippen LogP contribution is -2.03. The Labute approximate surface area is 161 Å². The maximum absolute atomic E-state index is 9.48. The lowest BCUT2D eigenvalue weighted by Gasteiger charge is -2.10. The molecule has 3 aromatic rings. The SMILES string of the molecule is Cc1cc(C)c(N/N=C(/C#N)c2nc(-c3ccc(Cl)cc3)cs2)c(C)c1. The number of aromatic nitrogens is 1. The van der Waals surface area contributed by atoms with Gasteiger partial charge in [-0.15, -0.1) is 11.3 Å². The first-order valence-electron chi connectivity index (χ1n) is 8.01. The number of benzene rings is 2. The molecule has 6 heteroatoms. The van der Waals surface area contributed by atoms with Gasteiger partial charge in [0.05, 0.1) is 11.4 Å². The molecule has 4 nitrogen and oxygen atoms in total. The zero-order valence-electron chi connectivity index (χ0n) is 14.7. The van der Waals surface area contributed by atoms with E-state index in [1.54, 1.807) is 0 Å². The third-order valence-electron chi connectivity index (χ3n) is 3.91. The summed E-state index contributed by atoms with van der Waals surface area (Å²) in [5.41, 5.74) is 9.32. The number of anilines is 1. The van der Waals surface area contributed by atoms with E-state index in [0.717, 1.165) is 28.1 Å². The van der Waals surface area contributed by atoms with E-state index in [0.29, 0.717) is 10.0 Å². The van der Waals surface area contributed by atoms with E-state index in [1.165, 1.54) is 16.9 Å². The minimum Gasteiger partial charge on any atom is -0.277 e. The van der Waals surface area contributed by atoms with Gasteiger partial charge in [-0.25, -0.2) is 4.98 Å². The fourth-order valence-corrected chi connectivity index (χ4v) is 3.62. The molecule has 0 atom stereocenters. The van der Waals surface area contributed by atoms with Crippen LogP contribution in [0.4, 0.5) is 5.69 Å². The Morgan fingerprint density at radius 1 is 1.15 bits per heavy atom. The van der Waals surface area contributed by atoms with Gasteiger partial charge in [0.15, 0.2) is 10.7 Å². The fraction of sp³-hybridized carbons (Fsp3) is 0.150. The highest BCUT2D eigenvalue weighted by atomic mass is 35.5. The van der Waals surface area contributed by atoms with Crippen molar-refractivity contribution in [3.63, 3.8) is 0 Å². The fourth-order valence-electron chi connectivity index (χ4n) is 2.72. The molecule has 1 aromatic heterocycles. The van der Waals surface area contributed by atoms with E-state index < -0.39 is 0 Å². The molecule has 0 aliphatic heterocycles. The second kappa shape index (κ2) is 7.69. The van der Waals surface area contributed by atoms with Gasteiger partial charge in [0.2, 0.25) is 0 Å². The molecule has 0 spiro atoms. The number of aryl methyl sites for hydroxylation is 3. The van der Waals surface area contributed by atoms with Gasteiger partial charge in [-0.05, 0) is 44.0 Å². The van der Waals surface area contributed by atoms with Crippen LogP contribution in [-0.4, -0.2) is 10.7 Å². The number of hydrogen-bond donors (Lipinski definition) is 1. The quantitative estimate of drug-likeness (QED) is 0.464. The average molecular weight is 381 g/mol. The van der Waals surface area contributed by atoms with Crippen LogP contribution in [0.15, 0.2) is 46.9 Å². The molecule has 0 aliphatic rings. The van der Waals surface area contributed by atoms with Gasteiger partial charge in [-0.2, -0.15) is 10.4 Å². The Bertz CT molecular complexity index is 990. The topological polar surface area (TPSA) is 61.1 Å². The van der Waals surface area contributed by atoms with E-state index in [4.69, 9.17) is 11.6 Å². The Morgan fingerprint density at radius 3 is 2.42 bits per heavy atom. The van der Waals surface area contributed by atoms with E-state index in [2.05, 4.69) is 40.6 Å². The number of halogens is 1. The second-order valence-corrected chi connectivity index (χ2v) is 7.30. The van der Waals surface area contributed by atoms with Crippen LogP contribution in [0.25, 0.3) is 11.3 Å². The minimum atomic E-state index is 0.259. The van der Waals surface area contributed by atoms with Gasteiger partial charge < -0.3 is 0 Å². The van der Waals surface area contributed by atoms with Crippen molar-refractivity contribution in [2.75, 3.05) is 5.43 Å². The summed E-state index contributed by atoms with van der Waals surface area (Å²) in [5, 5.41) is 16.9. The monoisotopic (exact) mass is 380 g/mol. The molecular weight excluding hydrogens is 364 g/mol. The molecule has 0 fully saturated rings. The van der Waals surface area contributed by atoms with Crippen molar-refractivity contribution in [3.05, 3.63) is 68.5 Å². The van der Waals surface area contributed by atoms with E-state index in [1.807, 2.05) is 43.5 Å². The standard InChI is InChI=1S/C20H17ClN4S/c1-12-8-13(2)19(14(3)9-12)25-24-17(10-22)20-23-18(11-26-20)15-4-6-16(21)7-5-15/h4-9,11,25H,1-3H3/b24-17-. The smallest absolute Gasteiger partial charge is 0.196 e. The van der Waals surface area contributed by atoms with Crippen molar-refractivity contribution in [2.45, 2.75) is 20.8 Å². The molecule has 26 heavy (non-hydrogen) atoms. The Balaban J connectivity index is 1.87. The number of thiazole rings is 1. The van der Waals surface area contributed by atoms with Crippen molar-refractivity contribution >= 4 is 34.3 Å². The highest BCUT2D eigenvalue weighted by molar-refractivity contribution is 7.12. The predicted octanol–water partition coefficient (Wildman–Crippen LogP) is 5.73. The van der Waals surface area contributed by atoms with Crippen LogP contribution in [0.2, 0.25) is 5.02 Å². The highest BCUT2D eigenvalue weighted by Crippen LogP contribution is 2.25.